The fourth-order valence-electron chi connectivity index (χ4n) is 2.24. The van der Waals surface area contributed by atoms with E-state index in [0.717, 1.165) is 37.3 Å². The summed E-state index contributed by atoms with van der Waals surface area (Å²) >= 11 is 0. The highest BCUT2D eigenvalue weighted by molar-refractivity contribution is 5.74. The van der Waals surface area contributed by atoms with Gasteiger partial charge in [0, 0.05) is 19.6 Å². The molecule has 2 rings (SSSR count). The fourth-order valence-corrected chi connectivity index (χ4v) is 2.24. The largest absolute Gasteiger partial charge is 0.334 e. The van der Waals surface area contributed by atoms with Gasteiger partial charge in [0.15, 0.2) is 0 Å². The zero-order valence-electron chi connectivity index (χ0n) is 11.1. The van der Waals surface area contributed by atoms with E-state index in [1.165, 1.54) is 5.01 Å². The first-order valence-electron chi connectivity index (χ1n) is 6.52. The van der Waals surface area contributed by atoms with Crippen LogP contribution in [0.3, 0.4) is 0 Å². The molecule has 0 atom stereocenters. The second kappa shape index (κ2) is 5.39. The zero-order valence-corrected chi connectivity index (χ0v) is 11.1. The average molecular weight is 251 g/mol. The molecule has 0 aromatic carbocycles. The first-order chi connectivity index (χ1) is 8.65. The van der Waals surface area contributed by atoms with E-state index >= 15 is 0 Å². The summed E-state index contributed by atoms with van der Waals surface area (Å²) in [6.07, 6.45) is 1.83. The van der Waals surface area contributed by atoms with Crippen LogP contribution < -0.4 is 5.84 Å². The van der Waals surface area contributed by atoms with Crippen LogP contribution in [0.1, 0.15) is 31.7 Å². The van der Waals surface area contributed by atoms with Gasteiger partial charge in [-0.3, -0.25) is 9.69 Å². The summed E-state index contributed by atoms with van der Waals surface area (Å²) in [5.41, 5.74) is 2.15. The summed E-state index contributed by atoms with van der Waals surface area (Å²) < 4.78 is 1.96. The van der Waals surface area contributed by atoms with Gasteiger partial charge >= 0.3 is 6.03 Å². The Hall–Kier alpha value is -1.56. The Kier molecular flexibility index (Phi) is 3.86. The van der Waals surface area contributed by atoms with Crippen molar-refractivity contribution in [2.45, 2.75) is 39.8 Å². The molecule has 1 aromatic rings. The van der Waals surface area contributed by atoms with Crippen LogP contribution in [0.15, 0.2) is 6.07 Å². The Morgan fingerprint density at radius 2 is 2.17 bits per heavy atom. The molecule has 1 aromatic heterocycles. The van der Waals surface area contributed by atoms with Gasteiger partial charge in [-0.15, -0.1) is 0 Å². The van der Waals surface area contributed by atoms with E-state index in [-0.39, 0.29) is 6.03 Å². The van der Waals surface area contributed by atoms with E-state index in [2.05, 4.69) is 25.0 Å². The second-order valence-corrected chi connectivity index (χ2v) is 4.55. The minimum atomic E-state index is -0.0943. The number of carbonyl (C=O) groups is 1. The third kappa shape index (κ3) is 2.48. The molecule has 1 saturated heterocycles. The minimum Gasteiger partial charge on any atom is -0.318 e. The van der Waals surface area contributed by atoms with Crippen molar-refractivity contribution >= 4 is 6.03 Å². The van der Waals surface area contributed by atoms with E-state index in [9.17, 15) is 4.79 Å². The Labute approximate surface area is 107 Å². The fraction of sp³-hybridized carbons (Fsp3) is 0.667. The molecule has 100 valence electrons. The van der Waals surface area contributed by atoms with Crippen LogP contribution in [0.2, 0.25) is 0 Å². The van der Waals surface area contributed by atoms with Crippen LogP contribution in [0.4, 0.5) is 4.79 Å². The van der Waals surface area contributed by atoms with Crippen LogP contribution in [0, 0.1) is 0 Å². The van der Waals surface area contributed by atoms with Crippen LogP contribution >= 0.6 is 0 Å². The number of aryl methyl sites for hydroxylation is 2. The number of aromatic nitrogens is 2. The SMILES string of the molecule is CCc1cc(CN2CCCN(N)C2=O)n(CC)n1. The van der Waals surface area contributed by atoms with Crippen molar-refractivity contribution in [2.75, 3.05) is 13.1 Å². The second-order valence-electron chi connectivity index (χ2n) is 4.55. The number of carbonyl (C=O) groups excluding carboxylic acids is 1. The summed E-state index contributed by atoms with van der Waals surface area (Å²) in [4.78, 5) is 13.7. The summed E-state index contributed by atoms with van der Waals surface area (Å²) in [6.45, 7) is 6.96. The number of nitrogens with zero attached hydrogens (tertiary/aromatic N) is 4. The molecule has 0 spiro atoms. The molecular formula is C12H21N5O. The third-order valence-electron chi connectivity index (χ3n) is 3.27. The molecule has 1 aliphatic rings. The molecule has 0 radical (unpaired) electrons. The van der Waals surface area contributed by atoms with E-state index in [1.54, 1.807) is 4.90 Å². The highest BCUT2D eigenvalue weighted by Gasteiger charge is 2.24. The lowest BCUT2D eigenvalue weighted by molar-refractivity contribution is 0.126. The maximum atomic E-state index is 11.9. The molecule has 0 saturated carbocycles. The number of urea groups is 1. The summed E-state index contributed by atoms with van der Waals surface area (Å²) in [6, 6.07) is 1.98. The molecule has 0 bridgehead atoms. The van der Waals surface area contributed by atoms with E-state index in [0.29, 0.717) is 13.1 Å². The molecule has 6 heteroatoms. The van der Waals surface area contributed by atoms with Crippen molar-refractivity contribution < 1.29 is 4.79 Å². The number of hydrazine groups is 1. The lowest BCUT2D eigenvalue weighted by atomic mass is 10.2. The molecule has 1 fully saturated rings. The topological polar surface area (TPSA) is 67.4 Å². The lowest BCUT2D eigenvalue weighted by Gasteiger charge is -2.32. The highest BCUT2D eigenvalue weighted by Crippen LogP contribution is 2.13. The van der Waals surface area contributed by atoms with E-state index in [4.69, 9.17) is 5.84 Å². The van der Waals surface area contributed by atoms with Gasteiger partial charge in [0.1, 0.15) is 0 Å². The molecule has 0 unspecified atom stereocenters. The number of rotatable bonds is 4. The molecule has 1 aliphatic heterocycles. The van der Waals surface area contributed by atoms with Crippen molar-refractivity contribution in [2.24, 2.45) is 5.84 Å². The molecule has 18 heavy (non-hydrogen) atoms. The van der Waals surface area contributed by atoms with Crippen LogP contribution in [-0.4, -0.2) is 38.8 Å². The summed E-state index contributed by atoms with van der Waals surface area (Å²) in [5, 5.41) is 5.78. The Balaban J connectivity index is 2.12. The summed E-state index contributed by atoms with van der Waals surface area (Å²) in [5.74, 6) is 5.64. The standard InChI is InChI=1S/C12H21N5O/c1-3-10-8-11(17(4-2)14-10)9-15-6-5-7-16(13)12(15)18/h8H,3-7,9,13H2,1-2H3. The molecule has 2 N–H and O–H groups in total. The van der Waals surface area contributed by atoms with Gasteiger partial charge in [-0.2, -0.15) is 5.10 Å². The van der Waals surface area contributed by atoms with Crippen LogP contribution in [0.25, 0.3) is 0 Å². The van der Waals surface area contributed by atoms with Gasteiger partial charge in [0.25, 0.3) is 0 Å². The third-order valence-corrected chi connectivity index (χ3v) is 3.27. The minimum absolute atomic E-state index is 0.0943. The smallest absolute Gasteiger partial charge is 0.318 e. The molecule has 0 aliphatic carbocycles. The Morgan fingerprint density at radius 3 is 2.83 bits per heavy atom. The first kappa shape index (κ1) is 12.9. The normalized spacial score (nSPS) is 16.5. The van der Waals surface area contributed by atoms with Gasteiger partial charge < -0.3 is 4.90 Å². The first-order valence-corrected chi connectivity index (χ1v) is 6.52. The van der Waals surface area contributed by atoms with E-state index in [1.807, 2.05) is 4.68 Å². The van der Waals surface area contributed by atoms with Crippen molar-refractivity contribution in [3.05, 3.63) is 17.5 Å². The predicted molar refractivity (Wildman–Crippen MR) is 68.6 cm³/mol. The maximum absolute atomic E-state index is 11.9. The molecular weight excluding hydrogens is 230 g/mol. The lowest BCUT2D eigenvalue weighted by Crippen LogP contribution is -2.52. The monoisotopic (exact) mass is 251 g/mol. The predicted octanol–water partition coefficient (Wildman–Crippen LogP) is 0.967. The van der Waals surface area contributed by atoms with Gasteiger partial charge in [-0.05, 0) is 25.8 Å². The highest BCUT2D eigenvalue weighted by atomic mass is 16.2. The van der Waals surface area contributed by atoms with Crippen molar-refractivity contribution in [1.29, 1.82) is 0 Å². The van der Waals surface area contributed by atoms with Gasteiger partial charge in [-0.25, -0.2) is 10.6 Å². The number of nitrogens with two attached hydrogens (primary N) is 1. The van der Waals surface area contributed by atoms with Gasteiger partial charge in [0.2, 0.25) is 0 Å². The van der Waals surface area contributed by atoms with Crippen LogP contribution in [-0.2, 0) is 19.5 Å². The number of hydrogen-bond acceptors (Lipinski definition) is 3. The van der Waals surface area contributed by atoms with E-state index < -0.39 is 0 Å². The molecule has 2 heterocycles. The van der Waals surface area contributed by atoms with Gasteiger partial charge in [0.05, 0.1) is 17.9 Å². The summed E-state index contributed by atoms with van der Waals surface area (Å²) in [7, 11) is 0. The Morgan fingerprint density at radius 1 is 1.39 bits per heavy atom. The molecule has 2 amide bonds. The van der Waals surface area contributed by atoms with Crippen molar-refractivity contribution in [3.8, 4) is 0 Å². The Bertz CT molecular complexity index is 428. The number of amides is 2. The zero-order chi connectivity index (χ0) is 13.1. The van der Waals surface area contributed by atoms with Gasteiger partial charge in [-0.1, -0.05) is 6.92 Å². The quantitative estimate of drug-likeness (QED) is 0.640. The van der Waals surface area contributed by atoms with Crippen molar-refractivity contribution in [3.63, 3.8) is 0 Å². The maximum Gasteiger partial charge on any atom is 0.334 e. The molecule has 6 nitrogen and oxygen atoms in total. The van der Waals surface area contributed by atoms with Crippen LogP contribution in [0.5, 0.6) is 0 Å². The average Bonchev–Trinajstić information content (AvgIpc) is 2.77. The number of hydrogen-bond donors (Lipinski definition) is 1. The van der Waals surface area contributed by atoms with Crippen molar-refractivity contribution in [1.82, 2.24) is 19.7 Å².